The lowest BCUT2D eigenvalue weighted by molar-refractivity contribution is 0.0796. The number of rotatable bonds is 3. The van der Waals surface area contributed by atoms with Crippen LogP contribution in [-0.4, -0.2) is 32.6 Å². The standard InChI is InChI=1S/C11H14N2O3/c12-9-3-1-2-7-4-13(5-8(15)6-14)11(16)10(7)9/h1-4,8,14-16H,5-6,12H2/t8-/m1/s1. The molecule has 16 heavy (non-hydrogen) atoms. The summed E-state index contributed by atoms with van der Waals surface area (Å²) in [6.45, 7) is -0.208. The highest BCUT2D eigenvalue weighted by Crippen LogP contribution is 2.31. The number of nitrogen functional groups attached to an aromatic ring is 1. The highest BCUT2D eigenvalue weighted by atomic mass is 16.3. The van der Waals surface area contributed by atoms with Crippen molar-refractivity contribution >= 4 is 16.5 Å². The van der Waals surface area contributed by atoms with Crippen LogP contribution in [0.1, 0.15) is 0 Å². The molecule has 2 rings (SSSR count). The van der Waals surface area contributed by atoms with Gasteiger partial charge in [0.2, 0.25) is 5.88 Å². The summed E-state index contributed by atoms with van der Waals surface area (Å²) in [4.78, 5) is 0. The van der Waals surface area contributed by atoms with Gasteiger partial charge in [-0.3, -0.25) is 0 Å². The summed E-state index contributed by atoms with van der Waals surface area (Å²) in [5, 5.41) is 29.4. The first-order valence-electron chi connectivity index (χ1n) is 4.98. The SMILES string of the molecule is Nc1cccc2cn(C[C@@H](O)CO)c(O)c12. The van der Waals surface area contributed by atoms with Crippen molar-refractivity contribution in [2.45, 2.75) is 12.6 Å². The van der Waals surface area contributed by atoms with Crippen LogP contribution in [0.4, 0.5) is 5.69 Å². The number of aliphatic hydroxyl groups is 2. The Balaban J connectivity index is 2.48. The average Bonchev–Trinajstić information content (AvgIpc) is 2.57. The van der Waals surface area contributed by atoms with E-state index in [0.717, 1.165) is 5.39 Å². The van der Waals surface area contributed by atoms with Gasteiger partial charge in [-0.15, -0.1) is 0 Å². The van der Waals surface area contributed by atoms with Gasteiger partial charge in [-0.1, -0.05) is 12.1 Å². The lowest BCUT2D eigenvalue weighted by atomic mass is 10.2. The fourth-order valence-corrected chi connectivity index (χ4v) is 1.75. The van der Waals surface area contributed by atoms with Crippen LogP contribution in [0.2, 0.25) is 0 Å². The highest BCUT2D eigenvalue weighted by Gasteiger charge is 2.12. The molecular formula is C11H14N2O3. The Bertz CT molecular complexity index is 507. The average molecular weight is 222 g/mol. The third kappa shape index (κ3) is 1.70. The molecule has 0 radical (unpaired) electrons. The fraction of sp³-hybridized carbons (Fsp3) is 0.273. The van der Waals surface area contributed by atoms with Crippen LogP contribution < -0.4 is 5.73 Å². The minimum Gasteiger partial charge on any atom is -0.494 e. The van der Waals surface area contributed by atoms with Gasteiger partial charge in [0.05, 0.1) is 24.6 Å². The molecule has 1 heterocycles. The number of aliphatic hydroxyl groups excluding tert-OH is 2. The zero-order valence-electron chi connectivity index (χ0n) is 8.67. The first kappa shape index (κ1) is 10.8. The summed E-state index contributed by atoms with van der Waals surface area (Å²) in [5.41, 5.74) is 6.24. The van der Waals surface area contributed by atoms with Crippen molar-refractivity contribution < 1.29 is 15.3 Å². The smallest absolute Gasteiger partial charge is 0.201 e. The maximum Gasteiger partial charge on any atom is 0.201 e. The van der Waals surface area contributed by atoms with Gasteiger partial charge in [-0.25, -0.2) is 0 Å². The number of nitrogens with two attached hydrogens (primary N) is 1. The van der Waals surface area contributed by atoms with Gasteiger partial charge in [-0.2, -0.15) is 0 Å². The summed E-state index contributed by atoms with van der Waals surface area (Å²) in [5.74, 6) is 0.0144. The zero-order chi connectivity index (χ0) is 11.7. The lowest BCUT2D eigenvalue weighted by Gasteiger charge is -2.09. The van der Waals surface area contributed by atoms with Crippen LogP contribution in [0.3, 0.4) is 0 Å². The van der Waals surface area contributed by atoms with Crippen molar-refractivity contribution in [3.63, 3.8) is 0 Å². The number of aromatic nitrogens is 1. The van der Waals surface area contributed by atoms with E-state index in [2.05, 4.69) is 0 Å². The first-order valence-corrected chi connectivity index (χ1v) is 4.98. The molecule has 1 aromatic heterocycles. The Kier molecular flexibility index (Phi) is 2.72. The van der Waals surface area contributed by atoms with Crippen LogP contribution >= 0.6 is 0 Å². The van der Waals surface area contributed by atoms with E-state index in [4.69, 9.17) is 10.8 Å². The second-order valence-corrected chi connectivity index (χ2v) is 3.75. The lowest BCUT2D eigenvalue weighted by Crippen LogP contribution is -2.18. The molecule has 0 spiro atoms. The molecule has 0 amide bonds. The van der Waals surface area contributed by atoms with Crippen molar-refractivity contribution in [2.24, 2.45) is 0 Å². The van der Waals surface area contributed by atoms with Gasteiger partial charge < -0.3 is 25.6 Å². The summed E-state index contributed by atoms with van der Waals surface area (Å²) < 4.78 is 1.47. The molecule has 0 aliphatic carbocycles. The van der Waals surface area contributed by atoms with Crippen molar-refractivity contribution in [2.75, 3.05) is 12.3 Å². The fourth-order valence-electron chi connectivity index (χ4n) is 1.75. The largest absolute Gasteiger partial charge is 0.494 e. The van der Waals surface area contributed by atoms with Gasteiger partial charge in [0.15, 0.2) is 0 Å². The third-order valence-electron chi connectivity index (χ3n) is 2.54. The maximum atomic E-state index is 9.90. The number of hydrogen-bond donors (Lipinski definition) is 4. The Morgan fingerprint density at radius 1 is 1.38 bits per heavy atom. The van der Waals surface area contributed by atoms with E-state index in [1.165, 1.54) is 4.57 Å². The highest BCUT2D eigenvalue weighted by molar-refractivity contribution is 5.97. The number of benzene rings is 1. The predicted molar refractivity (Wildman–Crippen MR) is 61.1 cm³/mol. The van der Waals surface area contributed by atoms with Gasteiger partial charge in [-0.05, 0) is 6.07 Å². The molecule has 0 saturated heterocycles. The maximum absolute atomic E-state index is 9.90. The normalized spacial score (nSPS) is 13.1. The summed E-state index contributed by atoms with van der Waals surface area (Å²) in [7, 11) is 0. The molecule has 0 saturated carbocycles. The van der Waals surface area contributed by atoms with Gasteiger partial charge in [0.1, 0.15) is 0 Å². The van der Waals surface area contributed by atoms with Crippen molar-refractivity contribution in [3.05, 3.63) is 24.4 Å². The minimum absolute atomic E-state index is 0.0144. The molecule has 5 nitrogen and oxygen atoms in total. The Morgan fingerprint density at radius 2 is 2.12 bits per heavy atom. The molecule has 0 unspecified atom stereocenters. The molecule has 5 N–H and O–H groups in total. The van der Waals surface area contributed by atoms with Crippen LogP contribution in [0.5, 0.6) is 5.88 Å². The number of nitrogens with zero attached hydrogens (tertiary/aromatic N) is 1. The van der Waals surface area contributed by atoms with Crippen molar-refractivity contribution in [1.29, 1.82) is 0 Å². The molecule has 1 aromatic carbocycles. The van der Waals surface area contributed by atoms with Crippen LogP contribution in [-0.2, 0) is 6.54 Å². The number of hydrogen-bond acceptors (Lipinski definition) is 4. The summed E-state index contributed by atoms with van der Waals surface area (Å²) >= 11 is 0. The zero-order valence-corrected chi connectivity index (χ0v) is 8.67. The van der Waals surface area contributed by atoms with E-state index < -0.39 is 6.10 Å². The molecule has 2 aromatic rings. The summed E-state index contributed by atoms with van der Waals surface area (Å²) in [6, 6.07) is 5.33. The molecule has 5 heteroatoms. The topological polar surface area (TPSA) is 91.6 Å². The predicted octanol–water partition coefficient (Wildman–Crippen LogP) is 0.282. The number of fused-ring (bicyclic) bond motifs is 1. The van der Waals surface area contributed by atoms with Crippen molar-refractivity contribution in [3.8, 4) is 5.88 Å². The van der Waals surface area contributed by atoms with E-state index in [1.54, 1.807) is 18.3 Å². The molecule has 0 fully saturated rings. The molecular weight excluding hydrogens is 208 g/mol. The minimum atomic E-state index is -0.895. The van der Waals surface area contributed by atoms with E-state index >= 15 is 0 Å². The molecule has 0 aliphatic rings. The molecule has 1 atom stereocenters. The Morgan fingerprint density at radius 3 is 2.75 bits per heavy atom. The van der Waals surface area contributed by atoms with Crippen molar-refractivity contribution in [1.82, 2.24) is 4.57 Å². The second kappa shape index (κ2) is 4.03. The van der Waals surface area contributed by atoms with Gasteiger partial charge in [0, 0.05) is 17.3 Å². The van der Waals surface area contributed by atoms with E-state index in [1.807, 2.05) is 6.07 Å². The molecule has 86 valence electrons. The quantitative estimate of drug-likeness (QED) is 0.561. The Hall–Kier alpha value is -1.72. The monoisotopic (exact) mass is 222 g/mol. The van der Waals surface area contributed by atoms with Crippen LogP contribution in [0.15, 0.2) is 24.4 Å². The summed E-state index contributed by atoms with van der Waals surface area (Å²) in [6.07, 6.45) is 0.800. The second-order valence-electron chi connectivity index (χ2n) is 3.75. The van der Waals surface area contributed by atoms with Gasteiger partial charge in [0.25, 0.3) is 0 Å². The van der Waals surface area contributed by atoms with Crippen LogP contribution in [0.25, 0.3) is 10.8 Å². The first-order chi connectivity index (χ1) is 7.63. The van der Waals surface area contributed by atoms with E-state index in [9.17, 15) is 10.2 Å². The molecule has 0 bridgehead atoms. The van der Waals surface area contributed by atoms with E-state index in [-0.39, 0.29) is 19.0 Å². The van der Waals surface area contributed by atoms with Crippen LogP contribution in [0, 0.1) is 0 Å². The number of anilines is 1. The van der Waals surface area contributed by atoms with E-state index in [0.29, 0.717) is 11.1 Å². The Labute approximate surface area is 92.3 Å². The number of aromatic hydroxyl groups is 1. The van der Waals surface area contributed by atoms with Gasteiger partial charge >= 0.3 is 0 Å². The third-order valence-corrected chi connectivity index (χ3v) is 2.54. The molecule has 0 aliphatic heterocycles.